The lowest BCUT2D eigenvalue weighted by molar-refractivity contribution is 0.0726. The average Bonchev–Trinajstić information content (AvgIpc) is 3.16. The van der Waals surface area contributed by atoms with Crippen molar-refractivity contribution in [2.75, 3.05) is 6.54 Å². The molecule has 2 aromatic carbocycles. The number of rotatable bonds is 8. The maximum Gasteiger partial charge on any atom is 0.290 e. The summed E-state index contributed by atoms with van der Waals surface area (Å²) in [4.78, 5) is 14.4. The average molecular weight is 365 g/mol. The molecule has 0 spiro atoms. The molecule has 0 saturated heterocycles. The van der Waals surface area contributed by atoms with Gasteiger partial charge in [0.1, 0.15) is 23.9 Å². The Bertz CT molecular complexity index is 887. The number of hydrogen-bond acceptors (Lipinski definition) is 3. The highest BCUT2D eigenvalue weighted by Gasteiger charge is 2.19. The number of amides is 1. The molecule has 0 aliphatic carbocycles. The van der Waals surface area contributed by atoms with Crippen LogP contribution in [0.3, 0.4) is 0 Å². The van der Waals surface area contributed by atoms with Crippen LogP contribution in [0.25, 0.3) is 0 Å². The van der Waals surface area contributed by atoms with E-state index in [-0.39, 0.29) is 24.1 Å². The molecule has 138 valence electrons. The van der Waals surface area contributed by atoms with Crippen molar-refractivity contribution < 1.29 is 18.3 Å². The number of carbonyl (C=O) groups is 1. The van der Waals surface area contributed by atoms with Gasteiger partial charge in [0.15, 0.2) is 5.76 Å². The van der Waals surface area contributed by atoms with Gasteiger partial charge >= 0.3 is 0 Å². The highest BCUT2D eigenvalue weighted by atomic mass is 19.1. The second-order valence-corrected chi connectivity index (χ2v) is 5.97. The fraction of sp³-hybridized carbons (Fsp3) is 0.136. The molecular weight excluding hydrogens is 345 g/mol. The normalized spacial score (nSPS) is 10.4. The minimum atomic E-state index is -0.325. The molecule has 1 amide bonds. The topological polar surface area (TPSA) is 42.7 Å². The summed E-state index contributed by atoms with van der Waals surface area (Å²) in [7, 11) is 0. The van der Waals surface area contributed by atoms with Crippen molar-refractivity contribution in [3.05, 3.63) is 102 Å². The van der Waals surface area contributed by atoms with Gasteiger partial charge in [-0.25, -0.2) is 4.39 Å². The van der Waals surface area contributed by atoms with E-state index in [0.29, 0.717) is 24.6 Å². The molecule has 0 N–H and O–H groups in total. The molecule has 0 radical (unpaired) electrons. The van der Waals surface area contributed by atoms with Gasteiger partial charge < -0.3 is 14.1 Å². The van der Waals surface area contributed by atoms with Crippen molar-refractivity contribution in [2.24, 2.45) is 0 Å². The minimum Gasteiger partial charge on any atom is -0.486 e. The predicted molar refractivity (Wildman–Crippen MR) is 101 cm³/mol. The number of halogens is 1. The Kier molecular flexibility index (Phi) is 6.05. The fourth-order valence-corrected chi connectivity index (χ4v) is 2.59. The third-order valence-corrected chi connectivity index (χ3v) is 3.92. The van der Waals surface area contributed by atoms with Gasteiger partial charge in [-0.05, 0) is 42.0 Å². The number of ether oxygens (including phenoxy) is 1. The van der Waals surface area contributed by atoms with Crippen LogP contribution in [0.5, 0.6) is 5.75 Å². The number of carbonyl (C=O) groups excluding carboxylic acids is 1. The number of nitrogens with zero attached hydrogens (tertiary/aromatic N) is 1. The summed E-state index contributed by atoms with van der Waals surface area (Å²) < 4.78 is 24.1. The number of benzene rings is 2. The lowest BCUT2D eigenvalue weighted by atomic mass is 10.2. The van der Waals surface area contributed by atoms with Gasteiger partial charge in [0.25, 0.3) is 5.91 Å². The maximum absolute atomic E-state index is 12.9. The smallest absolute Gasteiger partial charge is 0.290 e. The molecule has 3 rings (SSSR count). The van der Waals surface area contributed by atoms with E-state index in [1.807, 2.05) is 30.3 Å². The van der Waals surface area contributed by atoms with Crippen molar-refractivity contribution in [1.82, 2.24) is 4.90 Å². The van der Waals surface area contributed by atoms with Crippen LogP contribution in [-0.4, -0.2) is 17.4 Å². The molecular formula is C22H20FNO3. The Hall–Kier alpha value is -3.34. The van der Waals surface area contributed by atoms with E-state index in [1.165, 1.54) is 24.3 Å². The quantitative estimate of drug-likeness (QED) is 0.537. The monoisotopic (exact) mass is 365 g/mol. The minimum absolute atomic E-state index is 0.152. The molecule has 27 heavy (non-hydrogen) atoms. The second kappa shape index (κ2) is 8.85. The first-order valence-corrected chi connectivity index (χ1v) is 8.57. The summed E-state index contributed by atoms with van der Waals surface area (Å²) >= 11 is 0. The molecule has 4 nitrogen and oxygen atoms in total. The first kappa shape index (κ1) is 18.5. The summed E-state index contributed by atoms with van der Waals surface area (Å²) in [6.07, 6.45) is 1.68. The lowest BCUT2D eigenvalue weighted by Crippen LogP contribution is -2.30. The Morgan fingerprint density at radius 3 is 2.52 bits per heavy atom. The van der Waals surface area contributed by atoms with Gasteiger partial charge in [-0.15, -0.1) is 6.58 Å². The lowest BCUT2D eigenvalue weighted by Gasteiger charge is -2.20. The molecule has 0 saturated carbocycles. The summed E-state index contributed by atoms with van der Waals surface area (Å²) in [5, 5.41) is 0. The van der Waals surface area contributed by atoms with Crippen LogP contribution in [0.15, 0.2) is 83.8 Å². The van der Waals surface area contributed by atoms with Crippen molar-refractivity contribution in [2.45, 2.75) is 13.2 Å². The van der Waals surface area contributed by atoms with Crippen molar-refractivity contribution in [1.29, 1.82) is 0 Å². The Balaban J connectivity index is 1.64. The maximum atomic E-state index is 12.9. The van der Waals surface area contributed by atoms with Crippen LogP contribution < -0.4 is 4.74 Å². The molecule has 0 bridgehead atoms. The van der Waals surface area contributed by atoms with Gasteiger partial charge in [0.2, 0.25) is 0 Å². The van der Waals surface area contributed by atoms with Crippen LogP contribution in [0, 0.1) is 5.82 Å². The highest BCUT2D eigenvalue weighted by molar-refractivity contribution is 5.91. The number of furan rings is 1. The molecule has 0 aliphatic heterocycles. The Labute approximate surface area is 157 Å². The third-order valence-electron chi connectivity index (χ3n) is 3.92. The van der Waals surface area contributed by atoms with E-state index in [9.17, 15) is 9.18 Å². The summed E-state index contributed by atoms with van der Waals surface area (Å²) in [6, 6.07) is 18.8. The van der Waals surface area contributed by atoms with Gasteiger partial charge in [-0.3, -0.25) is 4.79 Å². The van der Waals surface area contributed by atoms with Crippen molar-refractivity contribution in [3.8, 4) is 5.75 Å². The molecule has 1 heterocycles. The van der Waals surface area contributed by atoms with Gasteiger partial charge in [-0.2, -0.15) is 0 Å². The Morgan fingerprint density at radius 2 is 1.81 bits per heavy atom. The first-order valence-electron chi connectivity index (χ1n) is 8.57. The molecule has 1 aromatic heterocycles. The summed E-state index contributed by atoms with van der Waals surface area (Å²) in [5.41, 5.74) is 1.03. The SMILES string of the molecule is C=CCN(Cc1ccccc1)C(=O)c1ccc(COc2ccc(F)cc2)o1. The van der Waals surface area contributed by atoms with Crippen LogP contribution in [0.1, 0.15) is 21.9 Å². The van der Waals surface area contributed by atoms with Crippen molar-refractivity contribution in [3.63, 3.8) is 0 Å². The molecule has 0 atom stereocenters. The van der Waals surface area contributed by atoms with Crippen LogP contribution in [0.4, 0.5) is 4.39 Å². The Morgan fingerprint density at radius 1 is 1.07 bits per heavy atom. The first-order chi connectivity index (χ1) is 13.2. The molecule has 3 aromatic rings. The van der Waals surface area contributed by atoms with E-state index in [0.717, 1.165) is 5.56 Å². The van der Waals surface area contributed by atoms with Gasteiger partial charge in [0, 0.05) is 13.1 Å². The van der Waals surface area contributed by atoms with Gasteiger partial charge in [-0.1, -0.05) is 36.4 Å². The largest absolute Gasteiger partial charge is 0.486 e. The van der Waals surface area contributed by atoms with Crippen LogP contribution >= 0.6 is 0 Å². The molecule has 5 heteroatoms. The standard InChI is InChI=1S/C22H20FNO3/c1-2-14-24(15-17-6-4-3-5-7-17)22(25)21-13-12-20(27-21)16-26-19-10-8-18(23)9-11-19/h2-13H,1,14-16H2. The molecule has 0 fully saturated rings. The van der Waals surface area contributed by atoms with E-state index < -0.39 is 0 Å². The van der Waals surface area contributed by atoms with E-state index in [1.54, 1.807) is 23.1 Å². The molecule has 0 unspecified atom stereocenters. The zero-order valence-electron chi connectivity index (χ0n) is 14.8. The highest BCUT2D eigenvalue weighted by Crippen LogP contribution is 2.17. The zero-order valence-corrected chi connectivity index (χ0v) is 14.8. The third kappa shape index (κ3) is 5.07. The predicted octanol–water partition coefficient (Wildman–Crippen LogP) is 4.83. The van der Waals surface area contributed by atoms with Crippen molar-refractivity contribution >= 4 is 5.91 Å². The number of hydrogen-bond donors (Lipinski definition) is 0. The van der Waals surface area contributed by atoms with Crippen LogP contribution in [-0.2, 0) is 13.2 Å². The summed E-state index contributed by atoms with van der Waals surface area (Å²) in [6.45, 7) is 4.75. The zero-order chi connectivity index (χ0) is 19.1. The second-order valence-electron chi connectivity index (χ2n) is 5.97. The van der Waals surface area contributed by atoms with E-state index in [4.69, 9.17) is 9.15 Å². The fourth-order valence-electron chi connectivity index (χ4n) is 2.59. The van der Waals surface area contributed by atoms with E-state index in [2.05, 4.69) is 6.58 Å². The molecule has 0 aliphatic rings. The van der Waals surface area contributed by atoms with E-state index >= 15 is 0 Å². The van der Waals surface area contributed by atoms with Gasteiger partial charge in [0.05, 0.1) is 0 Å². The summed E-state index contributed by atoms with van der Waals surface area (Å²) in [5.74, 6) is 0.741. The van der Waals surface area contributed by atoms with Crippen LogP contribution in [0.2, 0.25) is 0 Å².